The summed E-state index contributed by atoms with van der Waals surface area (Å²) in [5.74, 6) is 0. The predicted octanol–water partition coefficient (Wildman–Crippen LogP) is 2.21. The van der Waals surface area contributed by atoms with E-state index in [4.69, 9.17) is 0 Å². The summed E-state index contributed by atoms with van der Waals surface area (Å²) in [6, 6.07) is 14.4. The van der Waals surface area contributed by atoms with Gasteiger partial charge in [0.05, 0.1) is 0 Å². The number of rotatable bonds is 1. The van der Waals surface area contributed by atoms with Crippen molar-refractivity contribution in [2.75, 3.05) is 0 Å². The molecule has 1 saturated carbocycles. The van der Waals surface area contributed by atoms with Crippen LogP contribution in [0.5, 0.6) is 0 Å². The van der Waals surface area contributed by atoms with Crippen LogP contribution in [0.4, 0.5) is 0 Å². The van der Waals surface area contributed by atoms with Crippen LogP contribution < -0.4 is 5.46 Å². The van der Waals surface area contributed by atoms with Gasteiger partial charge in [0.1, 0.15) is 0 Å². The lowest BCUT2D eigenvalue weighted by Crippen LogP contribution is -2.32. The van der Waals surface area contributed by atoms with Crippen LogP contribution in [-0.2, 0) is 5.41 Å². The molecule has 2 aliphatic carbocycles. The Balaban J connectivity index is 2.08. The van der Waals surface area contributed by atoms with Crippen LogP contribution >= 0.6 is 0 Å². The van der Waals surface area contributed by atoms with Gasteiger partial charge in [-0.1, -0.05) is 55.3 Å². The SMILES string of the molecule is OB(O)c1cccc2c1-c1ccccc1C21CCCC1. The lowest BCUT2D eigenvalue weighted by Gasteiger charge is -2.26. The molecule has 0 bridgehead atoms. The molecule has 100 valence electrons. The predicted molar refractivity (Wildman–Crippen MR) is 81.0 cm³/mol. The van der Waals surface area contributed by atoms with E-state index in [0.717, 1.165) is 5.56 Å². The highest BCUT2D eigenvalue weighted by atomic mass is 16.4. The molecular weight excluding hydrogens is 247 g/mol. The highest BCUT2D eigenvalue weighted by molar-refractivity contribution is 6.60. The molecule has 2 aliphatic rings. The summed E-state index contributed by atoms with van der Waals surface area (Å²) in [6.45, 7) is 0. The van der Waals surface area contributed by atoms with Gasteiger partial charge in [-0.25, -0.2) is 0 Å². The second-order valence-corrected chi connectivity index (χ2v) is 5.98. The van der Waals surface area contributed by atoms with Crippen molar-refractivity contribution in [2.24, 2.45) is 0 Å². The molecule has 0 unspecified atom stereocenters. The third-order valence-electron chi connectivity index (χ3n) is 5.06. The Morgan fingerprint density at radius 3 is 2.30 bits per heavy atom. The minimum atomic E-state index is -1.41. The van der Waals surface area contributed by atoms with Gasteiger partial charge < -0.3 is 10.0 Å². The van der Waals surface area contributed by atoms with Crippen LogP contribution in [0, 0.1) is 0 Å². The second-order valence-electron chi connectivity index (χ2n) is 5.98. The molecule has 2 nitrogen and oxygen atoms in total. The largest absolute Gasteiger partial charge is 0.489 e. The third kappa shape index (κ3) is 1.42. The molecule has 4 rings (SSSR count). The van der Waals surface area contributed by atoms with E-state index in [1.165, 1.54) is 42.4 Å². The van der Waals surface area contributed by atoms with Crippen molar-refractivity contribution in [3.05, 3.63) is 53.6 Å². The maximum Gasteiger partial charge on any atom is 0.489 e. The molecule has 1 spiro atoms. The number of fused-ring (bicyclic) bond motifs is 5. The summed E-state index contributed by atoms with van der Waals surface area (Å²) in [7, 11) is -1.41. The maximum absolute atomic E-state index is 9.70. The summed E-state index contributed by atoms with van der Waals surface area (Å²) in [4.78, 5) is 0. The van der Waals surface area contributed by atoms with Gasteiger partial charge in [-0.2, -0.15) is 0 Å². The van der Waals surface area contributed by atoms with E-state index in [-0.39, 0.29) is 5.41 Å². The lowest BCUT2D eigenvalue weighted by atomic mass is 9.72. The van der Waals surface area contributed by atoms with Gasteiger partial charge in [0.2, 0.25) is 0 Å². The Hall–Kier alpha value is -1.58. The van der Waals surface area contributed by atoms with Crippen molar-refractivity contribution in [3.63, 3.8) is 0 Å². The van der Waals surface area contributed by atoms with Crippen LogP contribution in [0.1, 0.15) is 36.8 Å². The van der Waals surface area contributed by atoms with Gasteiger partial charge in [0.25, 0.3) is 0 Å². The first-order valence-corrected chi connectivity index (χ1v) is 7.33. The number of hydrogen-bond donors (Lipinski definition) is 2. The zero-order valence-electron chi connectivity index (χ0n) is 11.3. The highest BCUT2D eigenvalue weighted by Gasteiger charge is 2.45. The second kappa shape index (κ2) is 4.21. The Labute approximate surface area is 119 Å². The molecule has 2 aromatic carbocycles. The fourth-order valence-electron chi connectivity index (χ4n) is 4.27. The first kappa shape index (κ1) is 12.2. The molecule has 20 heavy (non-hydrogen) atoms. The van der Waals surface area contributed by atoms with Crippen molar-refractivity contribution >= 4 is 12.6 Å². The van der Waals surface area contributed by atoms with Crippen LogP contribution in [0.15, 0.2) is 42.5 Å². The molecule has 0 radical (unpaired) electrons. The molecule has 0 heterocycles. The summed E-state index contributed by atoms with van der Waals surface area (Å²) in [5, 5.41) is 19.4. The Kier molecular flexibility index (Phi) is 2.56. The third-order valence-corrected chi connectivity index (χ3v) is 5.06. The molecule has 0 saturated heterocycles. The molecule has 0 atom stereocenters. The van der Waals surface area contributed by atoms with Gasteiger partial charge in [-0.15, -0.1) is 0 Å². The van der Waals surface area contributed by atoms with Crippen molar-refractivity contribution in [3.8, 4) is 11.1 Å². The molecule has 0 aliphatic heterocycles. The van der Waals surface area contributed by atoms with E-state index in [1.54, 1.807) is 0 Å². The van der Waals surface area contributed by atoms with Crippen molar-refractivity contribution in [1.82, 2.24) is 0 Å². The average molecular weight is 264 g/mol. The number of benzene rings is 2. The van der Waals surface area contributed by atoms with Gasteiger partial charge in [0.15, 0.2) is 0 Å². The summed E-state index contributed by atoms with van der Waals surface area (Å²) < 4.78 is 0. The molecule has 0 aromatic heterocycles. The summed E-state index contributed by atoms with van der Waals surface area (Å²) in [5.41, 5.74) is 5.66. The minimum Gasteiger partial charge on any atom is -0.423 e. The molecule has 1 fully saturated rings. The first-order chi connectivity index (χ1) is 9.74. The van der Waals surface area contributed by atoms with Crippen molar-refractivity contribution in [2.45, 2.75) is 31.1 Å². The van der Waals surface area contributed by atoms with Gasteiger partial charge in [-0.3, -0.25) is 0 Å². The zero-order valence-corrected chi connectivity index (χ0v) is 11.3. The van der Waals surface area contributed by atoms with Crippen molar-refractivity contribution in [1.29, 1.82) is 0 Å². The lowest BCUT2D eigenvalue weighted by molar-refractivity contribution is 0.426. The number of hydrogen-bond acceptors (Lipinski definition) is 2. The van der Waals surface area contributed by atoms with Crippen LogP contribution in [-0.4, -0.2) is 17.2 Å². The monoisotopic (exact) mass is 264 g/mol. The molecular formula is C17H17BO2. The van der Waals surface area contributed by atoms with E-state index in [2.05, 4.69) is 24.3 Å². The van der Waals surface area contributed by atoms with Gasteiger partial charge >= 0.3 is 7.12 Å². The topological polar surface area (TPSA) is 40.5 Å². The highest BCUT2D eigenvalue weighted by Crippen LogP contribution is 2.56. The summed E-state index contributed by atoms with van der Waals surface area (Å²) in [6.07, 6.45) is 4.84. The fraction of sp³-hybridized carbons (Fsp3) is 0.294. The van der Waals surface area contributed by atoms with Crippen LogP contribution in [0.2, 0.25) is 0 Å². The zero-order chi connectivity index (χ0) is 13.7. The molecule has 2 N–H and O–H groups in total. The standard InChI is InChI=1S/C17H17BO2/c19-18(20)15-9-5-8-14-16(15)12-6-1-2-7-13(12)17(14)10-3-4-11-17/h1-2,5-9,19-20H,3-4,10-11H2. The molecule has 0 amide bonds. The molecule has 3 heteroatoms. The normalized spacial score (nSPS) is 18.1. The van der Waals surface area contributed by atoms with Crippen LogP contribution in [0.25, 0.3) is 11.1 Å². The minimum absolute atomic E-state index is 0.108. The van der Waals surface area contributed by atoms with E-state index in [1.807, 2.05) is 18.2 Å². The van der Waals surface area contributed by atoms with E-state index < -0.39 is 7.12 Å². The van der Waals surface area contributed by atoms with Crippen molar-refractivity contribution < 1.29 is 10.0 Å². The van der Waals surface area contributed by atoms with Crippen LogP contribution in [0.3, 0.4) is 0 Å². The van der Waals surface area contributed by atoms with E-state index >= 15 is 0 Å². The van der Waals surface area contributed by atoms with E-state index in [9.17, 15) is 10.0 Å². The smallest absolute Gasteiger partial charge is 0.423 e. The van der Waals surface area contributed by atoms with Gasteiger partial charge in [-0.05, 0) is 40.6 Å². The quantitative estimate of drug-likeness (QED) is 0.775. The molecule has 2 aromatic rings. The Morgan fingerprint density at radius 2 is 1.55 bits per heavy atom. The Morgan fingerprint density at radius 1 is 0.850 bits per heavy atom. The van der Waals surface area contributed by atoms with E-state index in [0.29, 0.717) is 5.46 Å². The van der Waals surface area contributed by atoms with Gasteiger partial charge in [0, 0.05) is 5.41 Å². The first-order valence-electron chi connectivity index (χ1n) is 7.33. The Bertz CT molecular complexity index is 672. The summed E-state index contributed by atoms with van der Waals surface area (Å²) >= 11 is 0. The average Bonchev–Trinajstić information content (AvgIpc) is 3.06. The maximum atomic E-state index is 9.70. The fourth-order valence-corrected chi connectivity index (χ4v) is 4.27.